The van der Waals surface area contributed by atoms with E-state index in [-0.39, 0.29) is 11.0 Å². The number of amides is 1. The van der Waals surface area contributed by atoms with Crippen LogP contribution in [0.1, 0.15) is 48.5 Å². The molecule has 0 bridgehead atoms. The molecule has 0 aliphatic rings. The molecule has 0 spiro atoms. The maximum atomic E-state index is 12.3. The number of benzene rings is 2. The number of hydrogen-bond acceptors (Lipinski definition) is 3. The van der Waals surface area contributed by atoms with Crippen LogP contribution < -0.4 is 15.4 Å². The first-order valence-corrected chi connectivity index (χ1v) is 10.6. The average Bonchev–Trinajstić information content (AvgIpc) is 2.65. The van der Waals surface area contributed by atoms with Crippen LogP contribution in [0.25, 0.3) is 0 Å². The maximum Gasteiger partial charge on any atom is 0.257 e. The quantitative estimate of drug-likeness (QED) is 0.280. The highest BCUT2D eigenvalue weighted by molar-refractivity contribution is 14.1. The monoisotopic (exact) mass is 496 g/mol. The lowest BCUT2D eigenvalue weighted by Gasteiger charge is -2.11. The second-order valence-electron chi connectivity index (χ2n) is 6.31. The van der Waals surface area contributed by atoms with Gasteiger partial charge in [0.1, 0.15) is 5.75 Å². The fourth-order valence-corrected chi connectivity index (χ4v) is 3.15. The highest BCUT2D eigenvalue weighted by Crippen LogP contribution is 2.17. The van der Waals surface area contributed by atoms with Gasteiger partial charge in [0, 0.05) is 14.8 Å². The number of carbonyl (C=O) groups is 1. The van der Waals surface area contributed by atoms with E-state index in [1.807, 2.05) is 43.3 Å². The summed E-state index contributed by atoms with van der Waals surface area (Å²) in [5.74, 6) is 0.610. The number of nitrogens with one attached hydrogen (secondary N) is 2. The summed E-state index contributed by atoms with van der Waals surface area (Å²) < 4.78 is 6.77. The summed E-state index contributed by atoms with van der Waals surface area (Å²) in [6.45, 7) is 4.94. The highest BCUT2D eigenvalue weighted by Gasteiger charge is 2.09. The van der Waals surface area contributed by atoms with Crippen LogP contribution in [0.2, 0.25) is 0 Å². The van der Waals surface area contributed by atoms with Crippen molar-refractivity contribution in [3.05, 3.63) is 57.2 Å². The third-order valence-corrected chi connectivity index (χ3v) is 5.41. The van der Waals surface area contributed by atoms with Gasteiger partial charge in [-0.15, -0.1) is 0 Å². The molecule has 27 heavy (non-hydrogen) atoms. The Morgan fingerprint density at radius 2 is 1.85 bits per heavy atom. The molecular formula is C21H25IN2O2S. The van der Waals surface area contributed by atoms with Crippen molar-refractivity contribution in [2.45, 2.75) is 39.5 Å². The van der Waals surface area contributed by atoms with Crippen LogP contribution in [0.3, 0.4) is 0 Å². The van der Waals surface area contributed by atoms with E-state index in [1.54, 1.807) is 6.07 Å². The third-order valence-electron chi connectivity index (χ3n) is 4.04. The van der Waals surface area contributed by atoms with E-state index in [9.17, 15) is 4.79 Å². The smallest absolute Gasteiger partial charge is 0.257 e. The Bertz CT molecular complexity index is 778. The molecule has 0 aromatic heterocycles. The number of unbranched alkanes of at least 4 members (excludes halogenated alkanes) is 3. The van der Waals surface area contributed by atoms with Crippen LogP contribution >= 0.6 is 34.8 Å². The molecule has 0 saturated carbocycles. The minimum absolute atomic E-state index is 0.225. The van der Waals surface area contributed by atoms with Gasteiger partial charge in [0.15, 0.2) is 5.11 Å². The van der Waals surface area contributed by atoms with Crippen molar-refractivity contribution in [3.63, 3.8) is 0 Å². The number of carbonyl (C=O) groups excluding carboxylic acids is 1. The zero-order chi connectivity index (χ0) is 19.6. The van der Waals surface area contributed by atoms with Crippen molar-refractivity contribution < 1.29 is 9.53 Å². The molecule has 0 radical (unpaired) electrons. The molecule has 2 aromatic rings. The van der Waals surface area contributed by atoms with E-state index in [0.29, 0.717) is 5.56 Å². The van der Waals surface area contributed by atoms with Crippen molar-refractivity contribution in [1.82, 2.24) is 5.32 Å². The average molecular weight is 496 g/mol. The molecule has 0 aliphatic heterocycles. The standard InChI is InChI=1S/C21H25IN2O2S/c1-3-4-5-6-13-26-18-11-9-17(10-12-18)23-21(27)24-20(25)16-8-7-15(2)19(22)14-16/h7-12,14H,3-6,13H2,1-2H3,(H2,23,24,25,27). The van der Waals surface area contributed by atoms with Crippen LogP contribution in [-0.4, -0.2) is 17.6 Å². The fourth-order valence-electron chi connectivity index (χ4n) is 2.43. The van der Waals surface area contributed by atoms with Gasteiger partial charge >= 0.3 is 0 Å². The molecule has 2 aromatic carbocycles. The Morgan fingerprint density at radius 1 is 1.11 bits per heavy atom. The number of aryl methyl sites for hydroxylation is 1. The summed E-state index contributed by atoms with van der Waals surface area (Å²) in [4.78, 5) is 12.3. The van der Waals surface area contributed by atoms with Gasteiger partial charge in [-0.3, -0.25) is 10.1 Å². The Hall–Kier alpha value is -1.67. The van der Waals surface area contributed by atoms with E-state index in [1.165, 1.54) is 19.3 Å². The van der Waals surface area contributed by atoms with Gasteiger partial charge in [-0.25, -0.2) is 0 Å². The molecule has 0 unspecified atom stereocenters. The molecule has 0 fully saturated rings. The number of anilines is 1. The number of hydrogen-bond donors (Lipinski definition) is 2. The Labute approximate surface area is 180 Å². The van der Waals surface area contributed by atoms with E-state index >= 15 is 0 Å². The Morgan fingerprint density at radius 3 is 2.52 bits per heavy atom. The first-order valence-electron chi connectivity index (χ1n) is 9.11. The lowest BCUT2D eigenvalue weighted by Crippen LogP contribution is -2.34. The van der Waals surface area contributed by atoms with Crippen LogP contribution in [0.5, 0.6) is 5.75 Å². The summed E-state index contributed by atoms with van der Waals surface area (Å²) >= 11 is 7.45. The highest BCUT2D eigenvalue weighted by atomic mass is 127. The van der Waals surface area contributed by atoms with Crippen molar-refractivity contribution in [3.8, 4) is 5.75 Å². The number of ether oxygens (including phenoxy) is 1. The zero-order valence-electron chi connectivity index (χ0n) is 15.7. The predicted molar refractivity (Wildman–Crippen MR) is 124 cm³/mol. The summed E-state index contributed by atoms with van der Waals surface area (Å²) in [5, 5.41) is 6.00. The van der Waals surface area contributed by atoms with Gasteiger partial charge in [0.25, 0.3) is 5.91 Å². The SMILES string of the molecule is CCCCCCOc1ccc(NC(=S)NC(=O)c2ccc(C)c(I)c2)cc1. The molecule has 0 saturated heterocycles. The van der Waals surface area contributed by atoms with Gasteiger partial charge < -0.3 is 10.1 Å². The van der Waals surface area contributed by atoms with Crippen molar-refractivity contribution in [2.24, 2.45) is 0 Å². The molecule has 2 N–H and O–H groups in total. The predicted octanol–water partition coefficient (Wildman–Crippen LogP) is 5.69. The van der Waals surface area contributed by atoms with Crippen LogP contribution in [0, 0.1) is 10.5 Å². The van der Waals surface area contributed by atoms with E-state index in [2.05, 4.69) is 40.1 Å². The van der Waals surface area contributed by atoms with Crippen LogP contribution in [0.15, 0.2) is 42.5 Å². The van der Waals surface area contributed by atoms with E-state index in [4.69, 9.17) is 17.0 Å². The van der Waals surface area contributed by atoms with Gasteiger partial charge in [-0.1, -0.05) is 32.3 Å². The molecular weight excluding hydrogens is 471 g/mol. The normalized spacial score (nSPS) is 10.3. The first-order chi connectivity index (χ1) is 13.0. The molecule has 4 nitrogen and oxygen atoms in total. The summed E-state index contributed by atoms with van der Waals surface area (Å²) in [6, 6.07) is 13.1. The maximum absolute atomic E-state index is 12.3. The lowest BCUT2D eigenvalue weighted by atomic mass is 10.1. The van der Waals surface area contributed by atoms with Gasteiger partial charge in [0.05, 0.1) is 6.61 Å². The van der Waals surface area contributed by atoms with Crippen LogP contribution in [-0.2, 0) is 0 Å². The van der Waals surface area contributed by atoms with Crippen molar-refractivity contribution >= 4 is 51.5 Å². The van der Waals surface area contributed by atoms with Gasteiger partial charge in [0.2, 0.25) is 0 Å². The molecule has 0 heterocycles. The van der Waals surface area contributed by atoms with E-state index in [0.717, 1.165) is 33.6 Å². The fraction of sp³-hybridized carbons (Fsp3) is 0.333. The minimum atomic E-state index is -0.225. The van der Waals surface area contributed by atoms with Crippen molar-refractivity contribution in [1.29, 1.82) is 0 Å². The van der Waals surface area contributed by atoms with Gasteiger partial charge in [-0.05, 0) is 90.1 Å². The number of rotatable bonds is 8. The first kappa shape index (κ1) is 21.6. The minimum Gasteiger partial charge on any atom is -0.494 e. The number of thiocarbonyl (C=S) groups is 1. The summed E-state index contributed by atoms with van der Waals surface area (Å²) in [6.07, 6.45) is 4.74. The second kappa shape index (κ2) is 11.2. The Balaban J connectivity index is 1.81. The van der Waals surface area contributed by atoms with Gasteiger partial charge in [-0.2, -0.15) is 0 Å². The molecule has 2 rings (SSSR count). The van der Waals surface area contributed by atoms with E-state index < -0.39 is 0 Å². The summed E-state index contributed by atoms with van der Waals surface area (Å²) in [7, 11) is 0. The second-order valence-corrected chi connectivity index (χ2v) is 7.88. The molecule has 0 aliphatic carbocycles. The molecule has 6 heteroatoms. The molecule has 1 amide bonds. The van der Waals surface area contributed by atoms with Crippen molar-refractivity contribution in [2.75, 3.05) is 11.9 Å². The largest absolute Gasteiger partial charge is 0.494 e. The van der Waals surface area contributed by atoms with Crippen LogP contribution in [0.4, 0.5) is 5.69 Å². The topological polar surface area (TPSA) is 50.4 Å². The number of halogens is 1. The summed E-state index contributed by atoms with van der Waals surface area (Å²) in [5.41, 5.74) is 2.53. The molecule has 0 atom stereocenters. The zero-order valence-corrected chi connectivity index (χ0v) is 18.7. The lowest BCUT2D eigenvalue weighted by molar-refractivity contribution is 0.0977. The third kappa shape index (κ3) is 7.46. The molecule has 144 valence electrons. The Kier molecular flexibility index (Phi) is 9.00.